The van der Waals surface area contributed by atoms with E-state index in [1.165, 1.54) is 54.5 Å². The van der Waals surface area contributed by atoms with E-state index in [1.807, 2.05) is 6.07 Å². The smallest absolute Gasteiger partial charge is 0.226 e. The first-order valence-corrected chi connectivity index (χ1v) is 11.9. The molecule has 5 atom stereocenters. The molecule has 1 amide bonds. The fraction of sp³-hybridized carbons (Fsp3) is 0.519. The van der Waals surface area contributed by atoms with Crippen LogP contribution in [0.25, 0.3) is 0 Å². The van der Waals surface area contributed by atoms with E-state index in [-0.39, 0.29) is 5.91 Å². The molecule has 5 rings (SSSR count). The predicted octanol–water partition coefficient (Wildman–Crippen LogP) is 6.05. The number of anilines is 2. The number of hydrogen-bond donors (Lipinski definition) is 2. The highest BCUT2D eigenvalue weighted by Crippen LogP contribution is 2.59. The van der Waals surface area contributed by atoms with Crippen LogP contribution >= 0.6 is 0 Å². The van der Waals surface area contributed by atoms with Gasteiger partial charge in [-0.05, 0) is 79.2 Å². The predicted molar refractivity (Wildman–Crippen MR) is 125 cm³/mol. The number of carbonyl (C=O) groups excluding carboxylic acids is 1. The van der Waals surface area contributed by atoms with Gasteiger partial charge in [-0.2, -0.15) is 0 Å². The largest absolute Gasteiger partial charge is 0.384 e. The Kier molecular flexibility index (Phi) is 5.75. The summed E-state index contributed by atoms with van der Waals surface area (Å²) in [5, 5.41) is 7.00. The van der Waals surface area contributed by atoms with Gasteiger partial charge in [0.25, 0.3) is 0 Å². The van der Waals surface area contributed by atoms with Crippen molar-refractivity contribution >= 4 is 17.3 Å². The topological polar surface area (TPSA) is 50.4 Å². The zero-order chi connectivity index (χ0) is 21.4. The first-order valence-electron chi connectivity index (χ1n) is 11.9. The summed E-state index contributed by atoms with van der Waals surface area (Å²) in [5.74, 6) is 2.87. The van der Waals surface area contributed by atoms with Gasteiger partial charge in [-0.1, -0.05) is 42.7 Å². The number of amides is 1. The third-order valence-corrected chi connectivity index (χ3v) is 7.93. The summed E-state index contributed by atoms with van der Waals surface area (Å²) in [4.78, 5) is 12.2. The van der Waals surface area contributed by atoms with E-state index in [1.54, 1.807) is 7.11 Å². The van der Waals surface area contributed by atoms with Crippen LogP contribution < -0.4 is 10.6 Å². The highest BCUT2D eigenvalue weighted by molar-refractivity contribution is 5.91. The third kappa shape index (κ3) is 3.98. The molecule has 3 aliphatic rings. The number of ether oxygens (including phenoxy) is 1. The molecular formula is C27H34N2O2. The van der Waals surface area contributed by atoms with E-state index >= 15 is 0 Å². The van der Waals surface area contributed by atoms with Crippen molar-refractivity contribution in [2.24, 2.45) is 17.8 Å². The standard InChI is InChI=1S/C27H34N2O2/c1-17-6-8-19(9-7-17)27-26-21-5-3-4-18(21)10-12-22(26)23-16-20(11-13-24(23)29-27)28-25(30)14-15-31-2/h6-9,11,13,16,18,21-22,26-27,29H,3-5,10,12,14-15H2,1-2H3,(H,28,30). The number of carbonyl (C=O) groups is 1. The fourth-order valence-electron chi connectivity index (χ4n) is 6.50. The number of benzene rings is 2. The Labute approximate surface area is 185 Å². The fourth-order valence-corrected chi connectivity index (χ4v) is 6.50. The molecule has 2 N–H and O–H groups in total. The van der Waals surface area contributed by atoms with Crippen LogP contribution in [-0.4, -0.2) is 19.6 Å². The van der Waals surface area contributed by atoms with Crippen LogP contribution in [0.3, 0.4) is 0 Å². The molecule has 4 nitrogen and oxygen atoms in total. The van der Waals surface area contributed by atoms with Crippen molar-refractivity contribution in [3.63, 3.8) is 0 Å². The number of rotatable bonds is 5. The van der Waals surface area contributed by atoms with Crippen LogP contribution in [0.15, 0.2) is 42.5 Å². The van der Waals surface area contributed by atoms with Crippen molar-refractivity contribution in [1.29, 1.82) is 0 Å². The Morgan fingerprint density at radius 1 is 1.10 bits per heavy atom. The minimum absolute atomic E-state index is 0.0131. The van der Waals surface area contributed by atoms with Crippen molar-refractivity contribution in [2.75, 3.05) is 24.4 Å². The third-order valence-electron chi connectivity index (χ3n) is 7.93. The first-order chi connectivity index (χ1) is 15.1. The molecule has 2 aromatic carbocycles. The zero-order valence-electron chi connectivity index (χ0n) is 18.7. The van der Waals surface area contributed by atoms with E-state index in [0.29, 0.717) is 30.9 Å². The summed E-state index contributed by atoms with van der Waals surface area (Å²) in [6.45, 7) is 2.61. The maximum atomic E-state index is 12.2. The van der Waals surface area contributed by atoms with Gasteiger partial charge in [-0.15, -0.1) is 0 Å². The molecule has 2 fully saturated rings. The van der Waals surface area contributed by atoms with Gasteiger partial charge in [0, 0.05) is 18.5 Å². The molecule has 1 aliphatic heterocycles. The van der Waals surface area contributed by atoms with E-state index in [2.05, 4.69) is 54.0 Å². The molecule has 5 unspecified atom stereocenters. The second-order valence-electron chi connectivity index (χ2n) is 9.74. The van der Waals surface area contributed by atoms with Gasteiger partial charge < -0.3 is 15.4 Å². The molecule has 1 heterocycles. The first kappa shape index (κ1) is 20.6. The Bertz CT molecular complexity index is 939. The molecule has 0 saturated heterocycles. The lowest BCUT2D eigenvalue weighted by Gasteiger charge is -2.49. The summed E-state index contributed by atoms with van der Waals surface area (Å²) >= 11 is 0. The van der Waals surface area contributed by atoms with E-state index < -0.39 is 0 Å². The molecule has 0 bridgehead atoms. The van der Waals surface area contributed by atoms with Crippen LogP contribution in [-0.2, 0) is 9.53 Å². The molecular weight excluding hydrogens is 384 g/mol. The molecule has 164 valence electrons. The zero-order valence-corrected chi connectivity index (χ0v) is 18.7. The van der Waals surface area contributed by atoms with Gasteiger partial charge >= 0.3 is 0 Å². The molecule has 31 heavy (non-hydrogen) atoms. The summed E-state index contributed by atoms with van der Waals surface area (Å²) < 4.78 is 5.04. The highest BCUT2D eigenvalue weighted by Gasteiger charge is 2.48. The lowest BCUT2D eigenvalue weighted by Crippen LogP contribution is -2.41. The van der Waals surface area contributed by atoms with E-state index in [9.17, 15) is 4.79 Å². The molecule has 0 aromatic heterocycles. The molecule has 2 aromatic rings. The molecule has 2 saturated carbocycles. The summed E-state index contributed by atoms with van der Waals surface area (Å²) in [6, 6.07) is 15.9. The van der Waals surface area contributed by atoms with Crippen LogP contribution in [0, 0.1) is 24.7 Å². The van der Waals surface area contributed by atoms with Crippen LogP contribution in [0.2, 0.25) is 0 Å². The summed E-state index contributed by atoms with van der Waals surface area (Å²) in [5.41, 5.74) is 6.26. The summed E-state index contributed by atoms with van der Waals surface area (Å²) in [7, 11) is 1.63. The highest BCUT2D eigenvalue weighted by atomic mass is 16.5. The number of nitrogens with one attached hydrogen (secondary N) is 2. The maximum Gasteiger partial charge on any atom is 0.226 e. The number of hydrogen-bond acceptors (Lipinski definition) is 3. The average molecular weight is 419 g/mol. The monoisotopic (exact) mass is 418 g/mol. The SMILES string of the molecule is COCCC(=O)Nc1ccc2c(c1)C1CCC3CCCC3C1C(c1ccc(C)cc1)N2. The number of aryl methyl sites for hydroxylation is 1. The van der Waals surface area contributed by atoms with Gasteiger partial charge in [0.2, 0.25) is 5.91 Å². The molecule has 0 radical (unpaired) electrons. The van der Waals surface area contributed by atoms with Crippen molar-refractivity contribution in [2.45, 2.75) is 57.4 Å². The van der Waals surface area contributed by atoms with Gasteiger partial charge in [0.1, 0.15) is 0 Å². The average Bonchev–Trinajstić information content (AvgIpc) is 3.27. The van der Waals surface area contributed by atoms with E-state index in [0.717, 1.165) is 17.5 Å². The van der Waals surface area contributed by atoms with Crippen LogP contribution in [0.5, 0.6) is 0 Å². The van der Waals surface area contributed by atoms with Crippen molar-refractivity contribution in [1.82, 2.24) is 0 Å². The lowest BCUT2D eigenvalue weighted by molar-refractivity contribution is -0.117. The van der Waals surface area contributed by atoms with Crippen LogP contribution in [0.4, 0.5) is 11.4 Å². The van der Waals surface area contributed by atoms with Crippen molar-refractivity contribution < 1.29 is 9.53 Å². The minimum Gasteiger partial charge on any atom is -0.384 e. The van der Waals surface area contributed by atoms with Crippen LogP contribution in [0.1, 0.15) is 67.2 Å². The molecule has 0 spiro atoms. The van der Waals surface area contributed by atoms with Crippen molar-refractivity contribution in [3.05, 3.63) is 59.2 Å². The Morgan fingerprint density at radius 3 is 2.74 bits per heavy atom. The number of methoxy groups -OCH3 is 1. The molecule has 2 aliphatic carbocycles. The van der Waals surface area contributed by atoms with Gasteiger partial charge in [-0.3, -0.25) is 4.79 Å². The van der Waals surface area contributed by atoms with Crippen molar-refractivity contribution in [3.8, 4) is 0 Å². The minimum atomic E-state index is 0.0131. The number of fused-ring (bicyclic) bond motifs is 5. The Hall–Kier alpha value is -2.33. The second kappa shape index (κ2) is 8.66. The lowest BCUT2D eigenvalue weighted by atomic mass is 9.60. The maximum absolute atomic E-state index is 12.2. The summed E-state index contributed by atoms with van der Waals surface area (Å²) in [6.07, 6.45) is 7.12. The van der Waals surface area contributed by atoms with Gasteiger partial charge in [0.05, 0.1) is 19.1 Å². The normalized spacial score (nSPS) is 28.8. The molecule has 4 heteroatoms. The van der Waals surface area contributed by atoms with Gasteiger partial charge in [-0.25, -0.2) is 0 Å². The van der Waals surface area contributed by atoms with E-state index in [4.69, 9.17) is 4.74 Å². The quantitative estimate of drug-likeness (QED) is 0.622. The Balaban J connectivity index is 1.48. The second-order valence-corrected chi connectivity index (χ2v) is 9.74. The Morgan fingerprint density at radius 2 is 1.94 bits per heavy atom. The van der Waals surface area contributed by atoms with Gasteiger partial charge in [0.15, 0.2) is 0 Å².